The molecule has 1 saturated heterocycles. The molecule has 2 aliphatic rings. The second-order valence-corrected chi connectivity index (χ2v) is 6.65. The number of para-hydroxylation sites is 2. The summed E-state index contributed by atoms with van der Waals surface area (Å²) < 4.78 is 11.7. The molecule has 0 saturated carbocycles. The Bertz CT molecular complexity index is 587. The van der Waals surface area contributed by atoms with Gasteiger partial charge in [-0.1, -0.05) is 19.1 Å². The van der Waals surface area contributed by atoms with Gasteiger partial charge < -0.3 is 25.0 Å². The van der Waals surface area contributed by atoms with Crippen LogP contribution in [0.2, 0.25) is 0 Å². The maximum atomic E-state index is 5.96. The smallest absolute Gasteiger partial charge is 0.191 e. The predicted octanol–water partition coefficient (Wildman–Crippen LogP) is 0.629. The number of benzene rings is 1. The molecule has 2 heterocycles. The Kier molecular flexibility index (Phi) is 6.96. The molecule has 7 nitrogen and oxygen atoms in total. The van der Waals surface area contributed by atoms with Crippen molar-refractivity contribution in [2.75, 3.05) is 66.0 Å². The van der Waals surface area contributed by atoms with Crippen LogP contribution in [0.25, 0.3) is 0 Å². The summed E-state index contributed by atoms with van der Waals surface area (Å²) in [5.41, 5.74) is 0. The van der Waals surface area contributed by atoms with E-state index in [4.69, 9.17) is 9.47 Å². The molecule has 1 fully saturated rings. The highest BCUT2D eigenvalue weighted by Gasteiger charge is 2.20. The van der Waals surface area contributed by atoms with Crippen LogP contribution >= 0.6 is 0 Å². The fraction of sp³-hybridized carbons (Fsp3) is 0.632. The largest absolute Gasteiger partial charge is 0.486 e. The molecular formula is C19H31N5O2. The Morgan fingerprint density at radius 1 is 1.12 bits per heavy atom. The van der Waals surface area contributed by atoms with Gasteiger partial charge in [0.05, 0.1) is 6.54 Å². The number of likely N-dealkylation sites (N-methyl/N-ethyl adjacent to an activating group) is 1. The highest BCUT2D eigenvalue weighted by Crippen LogP contribution is 2.30. The van der Waals surface area contributed by atoms with Gasteiger partial charge in [-0.2, -0.15) is 0 Å². The molecule has 3 rings (SSSR count). The molecule has 2 N–H and O–H groups in total. The van der Waals surface area contributed by atoms with E-state index >= 15 is 0 Å². The average molecular weight is 361 g/mol. The summed E-state index contributed by atoms with van der Waals surface area (Å²) in [7, 11) is 1.79. The SMILES string of the molecule is CCN1CCN(CCNC(=NC)NCC2COc3ccccc3O2)CC1. The second kappa shape index (κ2) is 9.64. The van der Waals surface area contributed by atoms with Gasteiger partial charge in [-0.05, 0) is 18.7 Å². The van der Waals surface area contributed by atoms with Crippen molar-refractivity contribution in [3.63, 3.8) is 0 Å². The summed E-state index contributed by atoms with van der Waals surface area (Å²) in [6, 6.07) is 7.78. The van der Waals surface area contributed by atoms with Crippen molar-refractivity contribution in [1.82, 2.24) is 20.4 Å². The first-order valence-electron chi connectivity index (χ1n) is 9.56. The van der Waals surface area contributed by atoms with E-state index in [9.17, 15) is 0 Å². The van der Waals surface area contributed by atoms with Crippen LogP contribution in [0.4, 0.5) is 0 Å². The normalized spacial score (nSPS) is 21.5. The fourth-order valence-electron chi connectivity index (χ4n) is 3.26. The van der Waals surface area contributed by atoms with Gasteiger partial charge in [0.2, 0.25) is 0 Å². The molecule has 1 aromatic carbocycles. The second-order valence-electron chi connectivity index (χ2n) is 6.65. The number of hydrogen-bond donors (Lipinski definition) is 2. The number of nitrogens with zero attached hydrogens (tertiary/aromatic N) is 3. The van der Waals surface area contributed by atoms with E-state index in [2.05, 4.69) is 32.3 Å². The summed E-state index contributed by atoms with van der Waals surface area (Å²) in [6.07, 6.45) is -0.0226. The van der Waals surface area contributed by atoms with Gasteiger partial charge in [0, 0.05) is 46.3 Å². The van der Waals surface area contributed by atoms with Crippen molar-refractivity contribution in [2.45, 2.75) is 13.0 Å². The number of hydrogen-bond acceptors (Lipinski definition) is 5. The Hall–Kier alpha value is -1.99. The van der Waals surface area contributed by atoms with Crippen LogP contribution in [0.5, 0.6) is 11.5 Å². The molecule has 0 aliphatic carbocycles. The maximum absolute atomic E-state index is 5.96. The summed E-state index contributed by atoms with van der Waals surface area (Å²) in [6.45, 7) is 11.1. The van der Waals surface area contributed by atoms with Gasteiger partial charge >= 0.3 is 0 Å². The zero-order valence-corrected chi connectivity index (χ0v) is 15.9. The molecule has 0 radical (unpaired) electrons. The minimum Gasteiger partial charge on any atom is -0.486 e. The highest BCUT2D eigenvalue weighted by atomic mass is 16.6. The molecule has 0 spiro atoms. The molecule has 0 amide bonds. The van der Waals surface area contributed by atoms with Crippen LogP contribution in [0, 0.1) is 0 Å². The minimum atomic E-state index is -0.0226. The molecule has 1 unspecified atom stereocenters. The summed E-state index contributed by atoms with van der Waals surface area (Å²) in [4.78, 5) is 9.29. The lowest BCUT2D eigenvalue weighted by molar-refractivity contribution is 0.0936. The van der Waals surface area contributed by atoms with Crippen LogP contribution in [0.1, 0.15) is 6.92 Å². The van der Waals surface area contributed by atoms with Crippen molar-refractivity contribution in [3.8, 4) is 11.5 Å². The number of rotatable bonds is 6. The zero-order valence-electron chi connectivity index (χ0n) is 15.9. The fourth-order valence-corrected chi connectivity index (χ4v) is 3.26. The van der Waals surface area contributed by atoms with Gasteiger partial charge in [-0.3, -0.25) is 9.89 Å². The monoisotopic (exact) mass is 361 g/mol. The van der Waals surface area contributed by atoms with E-state index in [0.717, 1.165) is 50.2 Å². The lowest BCUT2D eigenvalue weighted by Gasteiger charge is -2.34. The van der Waals surface area contributed by atoms with Crippen molar-refractivity contribution in [1.29, 1.82) is 0 Å². The van der Waals surface area contributed by atoms with E-state index < -0.39 is 0 Å². The Labute approximate surface area is 156 Å². The van der Waals surface area contributed by atoms with Gasteiger partial charge in [-0.15, -0.1) is 0 Å². The van der Waals surface area contributed by atoms with Crippen LogP contribution < -0.4 is 20.1 Å². The Morgan fingerprint density at radius 2 is 1.85 bits per heavy atom. The van der Waals surface area contributed by atoms with Crippen LogP contribution in [-0.4, -0.2) is 87.9 Å². The number of fused-ring (bicyclic) bond motifs is 1. The first-order chi connectivity index (χ1) is 12.8. The van der Waals surface area contributed by atoms with Crippen LogP contribution in [-0.2, 0) is 0 Å². The van der Waals surface area contributed by atoms with Crippen molar-refractivity contribution in [3.05, 3.63) is 24.3 Å². The molecule has 1 atom stereocenters. The Balaban J connectivity index is 1.34. The lowest BCUT2D eigenvalue weighted by atomic mass is 10.2. The number of ether oxygens (including phenoxy) is 2. The molecule has 2 aliphatic heterocycles. The van der Waals surface area contributed by atoms with E-state index in [0.29, 0.717) is 13.2 Å². The average Bonchev–Trinajstić information content (AvgIpc) is 2.71. The van der Waals surface area contributed by atoms with Crippen molar-refractivity contribution >= 4 is 5.96 Å². The third-order valence-corrected chi connectivity index (χ3v) is 4.92. The van der Waals surface area contributed by atoms with E-state index in [1.54, 1.807) is 7.05 Å². The van der Waals surface area contributed by atoms with E-state index in [1.807, 2.05) is 24.3 Å². The molecule has 7 heteroatoms. The summed E-state index contributed by atoms with van der Waals surface area (Å²) in [5.74, 6) is 2.42. The Morgan fingerprint density at radius 3 is 2.58 bits per heavy atom. The zero-order chi connectivity index (χ0) is 18.2. The molecule has 144 valence electrons. The highest BCUT2D eigenvalue weighted by molar-refractivity contribution is 5.79. The van der Waals surface area contributed by atoms with Crippen molar-refractivity contribution in [2.24, 2.45) is 4.99 Å². The number of nitrogens with one attached hydrogen (secondary N) is 2. The first kappa shape index (κ1) is 18.8. The topological polar surface area (TPSA) is 61.4 Å². The predicted molar refractivity (Wildman–Crippen MR) is 104 cm³/mol. The summed E-state index contributed by atoms with van der Waals surface area (Å²) in [5, 5.41) is 6.72. The molecule has 0 aromatic heterocycles. The van der Waals surface area contributed by atoms with Gasteiger partial charge in [0.25, 0.3) is 0 Å². The van der Waals surface area contributed by atoms with Crippen LogP contribution in [0.3, 0.4) is 0 Å². The molecular weight excluding hydrogens is 330 g/mol. The third-order valence-electron chi connectivity index (χ3n) is 4.92. The molecule has 0 bridgehead atoms. The number of guanidine groups is 1. The number of piperazine rings is 1. The minimum absolute atomic E-state index is 0.0226. The first-order valence-corrected chi connectivity index (χ1v) is 9.56. The number of aliphatic imine (C=N–C) groups is 1. The maximum Gasteiger partial charge on any atom is 0.191 e. The van der Waals surface area contributed by atoms with Crippen LogP contribution in [0.15, 0.2) is 29.3 Å². The summed E-state index contributed by atoms with van der Waals surface area (Å²) >= 11 is 0. The van der Waals surface area contributed by atoms with Gasteiger partial charge in [-0.25, -0.2) is 0 Å². The standard InChI is InChI=1S/C19H31N5O2/c1-3-23-10-12-24(13-11-23)9-8-21-19(20-2)22-14-16-15-25-17-6-4-5-7-18(17)26-16/h4-7,16H,3,8-15H2,1-2H3,(H2,20,21,22). The van der Waals surface area contributed by atoms with E-state index in [-0.39, 0.29) is 6.10 Å². The van der Waals surface area contributed by atoms with Gasteiger partial charge in [0.15, 0.2) is 17.5 Å². The quantitative estimate of drug-likeness (QED) is 0.572. The van der Waals surface area contributed by atoms with E-state index in [1.165, 1.54) is 13.1 Å². The molecule has 1 aromatic rings. The molecule has 26 heavy (non-hydrogen) atoms. The third kappa shape index (κ3) is 5.25. The lowest BCUT2D eigenvalue weighted by Crippen LogP contribution is -2.50. The van der Waals surface area contributed by atoms with Gasteiger partial charge in [0.1, 0.15) is 12.7 Å². The van der Waals surface area contributed by atoms with Crippen molar-refractivity contribution < 1.29 is 9.47 Å².